The molecule has 0 saturated carbocycles. The number of carbonyl (C=O) groups excluding carboxylic acids is 1. The van der Waals surface area contributed by atoms with E-state index >= 15 is 0 Å². The number of nitrogens with one attached hydrogen (secondary N) is 1. The number of aromatic nitrogens is 1. The van der Waals surface area contributed by atoms with E-state index in [1.54, 1.807) is 0 Å². The average molecular weight is 323 g/mol. The van der Waals surface area contributed by atoms with E-state index in [1.165, 1.54) is 18.4 Å². The highest BCUT2D eigenvalue weighted by molar-refractivity contribution is 5.92. The Labute approximate surface area is 143 Å². The molecule has 0 aliphatic carbocycles. The van der Waals surface area contributed by atoms with Gasteiger partial charge >= 0.3 is 0 Å². The number of amides is 1. The molecule has 4 heteroatoms. The number of H-pyrrole nitrogens is 1. The summed E-state index contributed by atoms with van der Waals surface area (Å²) in [6.45, 7) is 3.02. The van der Waals surface area contributed by atoms with Gasteiger partial charge in [-0.2, -0.15) is 0 Å². The maximum absolute atomic E-state index is 12.8. The van der Waals surface area contributed by atoms with Crippen molar-refractivity contribution in [2.24, 2.45) is 0 Å². The Morgan fingerprint density at radius 3 is 2.58 bits per heavy atom. The van der Waals surface area contributed by atoms with Crippen LogP contribution < -0.4 is 0 Å². The van der Waals surface area contributed by atoms with Gasteiger partial charge in [-0.05, 0) is 49.9 Å². The summed E-state index contributed by atoms with van der Waals surface area (Å²) in [5.41, 5.74) is 2.08. The first-order valence-electron chi connectivity index (χ1n) is 9.05. The third kappa shape index (κ3) is 2.98. The van der Waals surface area contributed by atoms with Crippen LogP contribution in [0.15, 0.2) is 48.7 Å². The molecule has 0 bridgehead atoms. The predicted octanol–water partition coefficient (Wildman–Crippen LogP) is 3.28. The summed E-state index contributed by atoms with van der Waals surface area (Å²) in [6, 6.07) is 15.3. The van der Waals surface area contributed by atoms with Crippen molar-refractivity contribution in [1.29, 1.82) is 0 Å². The molecule has 4 nitrogen and oxygen atoms in total. The molecule has 2 saturated heterocycles. The molecule has 126 valence electrons. The molecular formula is C20H25N3O. The van der Waals surface area contributed by atoms with Crippen LogP contribution in [0.2, 0.25) is 0 Å². The molecule has 2 aliphatic rings. The van der Waals surface area contributed by atoms with Gasteiger partial charge in [0.1, 0.15) is 5.69 Å². The highest BCUT2D eigenvalue weighted by Crippen LogP contribution is 2.31. The van der Waals surface area contributed by atoms with Crippen LogP contribution in [-0.2, 0) is 6.54 Å². The van der Waals surface area contributed by atoms with Gasteiger partial charge < -0.3 is 9.88 Å². The van der Waals surface area contributed by atoms with Crippen LogP contribution in [0, 0.1) is 0 Å². The Hall–Kier alpha value is -2.07. The highest BCUT2D eigenvalue weighted by atomic mass is 16.2. The number of hydrogen-bond acceptors (Lipinski definition) is 2. The van der Waals surface area contributed by atoms with Crippen LogP contribution in [0.1, 0.15) is 41.7 Å². The van der Waals surface area contributed by atoms with Crippen molar-refractivity contribution in [3.8, 4) is 0 Å². The zero-order chi connectivity index (χ0) is 16.4. The van der Waals surface area contributed by atoms with Gasteiger partial charge in [-0.3, -0.25) is 9.69 Å². The number of likely N-dealkylation sites (tertiary alicyclic amines) is 2. The van der Waals surface area contributed by atoms with Crippen molar-refractivity contribution in [1.82, 2.24) is 14.8 Å². The smallest absolute Gasteiger partial charge is 0.270 e. The molecule has 1 aromatic carbocycles. The second-order valence-corrected chi connectivity index (χ2v) is 6.96. The maximum atomic E-state index is 12.8. The molecule has 1 amide bonds. The molecule has 2 atom stereocenters. The number of hydrogen-bond donors (Lipinski definition) is 1. The number of aromatic amines is 1. The van der Waals surface area contributed by atoms with Crippen molar-refractivity contribution in [3.05, 3.63) is 59.9 Å². The first-order valence-corrected chi connectivity index (χ1v) is 9.05. The fourth-order valence-electron chi connectivity index (χ4n) is 4.36. The van der Waals surface area contributed by atoms with Crippen molar-refractivity contribution in [2.75, 3.05) is 13.1 Å². The molecule has 4 rings (SSSR count). The minimum absolute atomic E-state index is 0.161. The second-order valence-electron chi connectivity index (χ2n) is 6.96. The van der Waals surface area contributed by atoms with Crippen molar-refractivity contribution in [2.45, 2.75) is 44.3 Å². The lowest BCUT2D eigenvalue weighted by atomic mass is 10.0. The third-order valence-electron chi connectivity index (χ3n) is 5.48. The van der Waals surface area contributed by atoms with Crippen LogP contribution in [0.25, 0.3) is 0 Å². The normalized spacial score (nSPS) is 24.6. The number of nitrogens with zero attached hydrogens (tertiary/aromatic N) is 2. The maximum Gasteiger partial charge on any atom is 0.270 e. The van der Waals surface area contributed by atoms with Gasteiger partial charge in [-0.25, -0.2) is 0 Å². The summed E-state index contributed by atoms with van der Waals surface area (Å²) < 4.78 is 0. The largest absolute Gasteiger partial charge is 0.357 e. The van der Waals surface area contributed by atoms with E-state index < -0.39 is 0 Å². The summed E-state index contributed by atoms with van der Waals surface area (Å²) in [6.07, 6.45) is 6.51. The molecule has 1 N–H and O–H groups in total. The summed E-state index contributed by atoms with van der Waals surface area (Å²) >= 11 is 0. The molecule has 2 aliphatic heterocycles. The Bertz CT molecular complexity index is 667. The van der Waals surface area contributed by atoms with E-state index in [0.29, 0.717) is 12.1 Å². The SMILES string of the molecule is O=C(c1ccc[nH]1)N1CCC[C@H]1[C@H]1CCCN1Cc1ccccc1. The van der Waals surface area contributed by atoms with Crippen LogP contribution in [0.3, 0.4) is 0 Å². The van der Waals surface area contributed by atoms with Crippen LogP contribution in [0.5, 0.6) is 0 Å². The lowest BCUT2D eigenvalue weighted by Crippen LogP contribution is -2.48. The van der Waals surface area contributed by atoms with Crippen LogP contribution in [-0.4, -0.2) is 45.9 Å². The van der Waals surface area contributed by atoms with E-state index in [1.807, 2.05) is 18.3 Å². The lowest BCUT2D eigenvalue weighted by Gasteiger charge is -2.35. The molecule has 3 heterocycles. The summed E-state index contributed by atoms with van der Waals surface area (Å²) in [7, 11) is 0. The molecule has 2 aromatic rings. The molecule has 0 radical (unpaired) electrons. The van der Waals surface area contributed by atoms with Gasteiger partial charge in [0.25, 0.3) is 5.91 Å². The Kier molecular flexibility index (Phi) is 4.39. The third-order valence-corrected chi connectivity index (χ3v) is 5.48. The Balaban J connectivity index is 1.49. The topological polar surface area (TPSA) is 39.3 Å². The molecular weight excluding hydrogens is 298 g/mol. The summed E-state index contributed by atoms with van der Waals surface area (Å²) in [4.78, 5) is 20.6. The molecule has 1 aromatic heterocycles. The quantitative estimate of drug-likeness (QED) is 0.938. The van der Waals surface area contributed by atoms with E-state index in [4.69, 9.17) is 0 Å². The number of rotatable bonds is 4. The first-order chi connectivity index (χ1) is 11.8. The van der Waals surface area contributed by atoms with E-state index in [9.17, 15) is 4.79 Å². The van der Waals surface area contributed by atoms with Crippen molar-refractivity contribution < 1.29 is 4.79 Å². The minimum atomic E-state index is 0.161. The van der Waals surface area contributed by atoms with Gasteiger partial charge in [-0.1, -0.05) is 30.3 Å². The fraction of sp³-hybridized carbons (Fsp3) is 0.450. The second kappa shape index (κ2) is 6.81. The van der Waals surface area contributed by atoms with Crippen LogP contribution in [0.4, 0.5) is 0 Å². The van der Waals surface area contributed by atoms with Gasteiger partial charge in [0, 0.05) is 31.4 Å². The van der Waals surface area contributed by atoms with Gasteiger partial charge in [0.2, 0.25) is 0 Å². The van der Waals surface area contributed by atoms with E-state index in [-0.39, 0.29) is 5.91 Å². The minimum Gasteiger partial charge on any atom is -0.357 e. The average Bonchev–Trinajstić information content (AvgIpc) is 3.36. The molecule has 0 spiro atoms. The highest BCUT2D eigenvalue weighted by Gasteiger charge is 2.39. The molecule has 2 fully saturated rings. The van der Waals surface area contributed by atoms with Crippen molar-refractivity contribution in [3.63, 3.8) is 0 Å². The van der Waals surface area contributed by atoms with Crippen LogP contribution >= 0.6 is 0 Å². The predicted molar refractivity (Wildman–Crippen MR) is 94.7 cm³/mol. The number of benzene rings is 1. The Morgan fingerprint density at radius 2 is 1.79 bits per heavy atom. The summed E-state index contributed by atoms with van der Waals surface area (Å²) in [5.74, 6) is 0.161. The zero-order valence-electron chi connectivity index (χ0n) is 14.0. The first kappa shape index (κ1) is 15.5. The number of carbonyl (C=O) groups is 1. The fourth-order valence-corrected chi connectivity index (χ4v) is 4.36. The van der Waals surface area contributed by atoms with Gasteiger partial charge in [-0.15, -0.1) is 0 Å². The molecule has 0 unspecified atom stereocenters. The van der Waals surface area contributed by atoms with E-state index in [2.05, 4.69) is 45.1 Å². The summed E-state index contributed by atoms with van der Waals surface area (Å²) in [5, 5.41) is 0. The molecule has 24 heavy (non-hydrogen) atoms. The van der Waals surface area contributed by atoms with Gasteiger partial charge in [0.15, 0.2) is 0 Å². The lowest BCUT2D eigenvalue weighted by molar-refractivity contribution is 0.0634. The monoisotopic (exact) mass is 323 g/mol. The van der Waals surface area contributed by atoms with Crippen molar-refractivity contribution >= 4 is 5.91 Å². The van der Waals surface area contributed by atoms with E-state index in [0.717, 1.165) is 38.2 Å². The zero-order valence-corrected chi connectivity index (χ0v) is 14.0. The van der Waals surface area contributed by atoms with Gasteiger partial charge in [0.05, 0.1) is 0 Å². The Morgan fingerprint density at radius 1 is 1.00 bits per heavy atom. The standard InChI is InChI=1S/C20H25N3O/c24-20(17-9-4-12-21-17)23-14-6-11-19(23)18-10-5-13-22(18)15-16-7-2-1-3-8-16/h1-4,7-9,12,18-19,21H,5-6,10-11,13-15H2/t18-,19+/m1/s1.